The summed E-state index contributed by atoms with van der Waals surface area (Å²) in [6.45, 7) is 2.35. The molecular weight excluding hydrogens is 192 g/mol. The Balaban J connectivity index is 2.30. The first kappa shape index (κ1) is 10.1. The van der Waals surface area contributed by atoms with Gasteiger partial charge in [0.15, 0.2) is 0 Å². The molecule has 4 nitrogen and oxygen atoms in total. The molecule has 0 aliphatic carbocycles. The van der Waals surface area contributed by atoms with E-state index in [4.69, 9.17) is 9.84 Å². The van der Waals surface area contributed by atoms with E-state index in [-0.39, 0.29) is 6.61 Å². The minimum atomic E-state index is 0.170. The zero-order valence-corrected chi connectivity index (χ0v) is 8.86. The van der Waals surface area contributed by atoms with E-state index in [2.05, 4.69) is 10.2 Å². The number of ether oxygens (including phenoxy) is 1. The highest BCUT2D eigenvalue weighted by Crippen LogP contribution is 2.33. The van der Waals surface area contributed by atoms with Gasteiger partial charge in [-0.1, -0.05) is 0 Å². The number of β-amino-alcohol motifs (C(OH)–C–C–N with tert-alkyl or cyclic N) is 1. The molecule has 0 unspecified atom stereocenters. The van der Waals surface area contributed by atoms with Gasteiger partial charge in [0, 0.05) is 19.3 Å². The van der Waals surface area contributed by atoms with Crippen molar-refractivity contribution in [1.82, 2.24) is 0 Å². The van der Waals surface area contributed by atoms with Gasteiger partial charge in [0.25, 0.3) is 0 Å². The molecule has 1 aliphatic rings. The molecule has 0 bridgehead atoms. The Kier molecular flexibility index (Phi) is 2.97. The minimum Gasteiger partial charge on any atom is -0.490 e. The molecule has 0 saturated carbocycles. The smallest absolute Gasteiger partial charge is 0.142 e. The summed E-state index contributed by atoms with van der Waals surface area (Å²) in [6, 6.07) is 6.00. The standard InChI is InChI=1S/C11H16N2O2/c1-12-9-2-3-11-10(8-9)13(4-6-14)5-7-15-11/h2-3,8,12,14H,4-7H2,1H3. The Morgan fingerprint density at radius 1 is 1.53 bits per heavy atom. The van der Waals surface area contributed by atoms with Crippen LogP contribution in [0.1, 0.15) is 0 Å². The number of hydrogen-bond acceptors (Lipinski definition) is 4. The van der Waals surface area contributed by atoms with Gasteiger partial charge in [-0.15, -0.1) is 0 Å². The molecule has 0 fully saturated rings. The van der Waals surface area contributed by atoms with Gasteiger partial charge >= 0.3 is 0 Å². The molecule has 0 aromatic heterocycles. The maximum absolute atomic E-state index is 8.97. The van der Waals surface area contributed by atoms with Crippen LogP contribution in [0.5, 0.6) is 5.75 Å². The average Bonchev–Trinajstić information content (AvgIpc) is 2.29. The molecule has 15 heavy (non-hydrogen) atoms. The van der Waals surface area contributed by atoms with Crippen LogP contribution in [-0.4, -0.2) is 38.5 Å². The lowest BCUT2D eigenvalue weighted by Gasteiger charge is -2.31. The van der Waals surface area contributed by atoms with Crippen LogP contribution in [0.4, 0.5) is 11.4 Å². The Bertz CT molecular complexity index is 341. The fourth-order valence-electron chi connectivity index (χ4n) is 1.78. The summed E-state index contributed by atoms with van der Waals surface area (Å²) >= 11 is 0. The number of aliphatic hydroxyl groups excluding tert-OH is 1. The summed E-state index contributed by atoms with van der Waals surface area (Å²) < 4.78 is 5.55. The van der Waals surface area contributed by atoms with Crippen molar-refractivity contribution in [1.29, 1.82) is 0 Å². The summed E-state index contributed by atoms with van der Waals surface area (Å²) in [4.78, 5) is 2.14. The Labute approximate surface area is 89.5 Å². The molecule has 2 rings (SSSR count). The van der Waals surface area contributed by atoms with Crippen LogP contribution in [0.3, 0.4) is 0 Å². The van der Waals surface area contributed by atoms with Crippen molar-refractivity contribution in [2.75, 3.05) is 43.6 Å². The van der Waals surface area contributed by atoms with Gasteiger partial charge in [0.05, 0.1) is 18.8 Å². The highest BCUT2D eigenvalue weighted by Gasteiger charge is 2.17. The third-order valence-corrected chi connectivity index (χ3v) is 2.58. The van der Waals surface area contributed by atoms with Crippen molar-refractivity contribution in [3.8, 4) is 5.75 Å². The van der Waals surface area contributed by atoms with Gasteiger partial charge in [-0.25, -0.2) is 0 Å². The van der Waals surface area contributed by atoms with Crippen LogP contribution in [0, 0.1) is 0 Å². The van der Waals surface area contributed by atoms with E-state index in [1.54, 1.807) is 0 Å². The number of fused-ring (bicyclic) bond motifs is 1. The van der Waals surface area contributed by atoms with Gasteiger partial charge < -0.3 is 20.1 Å². The molecule has 82 valence electrons. The molecule has 0 saturated heterocycles. The molecule has 1 aromatic carbocycles. The highest BCUT2D eigenvalue weighted by molar-refractivity contribution is 5.67. The van der Waals surface area contributed by atoms with Crippen LogP contribution in [0.25, 0.3) is 0 Å². The maximum atomic E-state index is 8.97. The van der Waals surface area contributed by atoms with E-state index >= 15 is 0 Å². The predicted molar refractivity (Wildman–Crippen MR) is 60.8 cm³/mol. The Morgan fingerprint density at radius 3 is 3.13 bits per heavy atom. The minimum absolute atomic E-state index is 0.170. The van der Waals surface area contributed by atoms with Crippen LogP contribution < -0.4 is 15.0 Å². The average molecular weight is 208 g/mol. The molecule has 1 heterocycles. The summed E-state index contributed by atoms with van der Waals surface area (Å²) in [5.41, 5.74) is 2.12. The quantitative estimate of drug-likeness (QED) is 0.775. The van der Waals surface area contributed by atoms with E-state index in [1.807, 2.05) is 25.2 Å². The number of aliphatic hydroxyl groups is 1. The van der Waals surface area contributed by atoms with E-state index < -0.39 is 0 Å². The van der Waals surface area contributed by atoms with Gasteiger partial charge in [-0.05, 0) is 18.2 Å². The van der Waals surface area contributed by atoms with E-state index in [1.165, 1.54) is 0 Å². The lowest BCUT2D eigenvalue weighted by atomic mass is 10.2. The lowest BCUT2D eigenvalue weighted by molar-refractivity contribution is 0.278. The zero-order valence-electron chi connectivity index (χ0n) is 8.86. The summed E-state index contributed by atoms with van der Waals surface area (Å²) in [6.07, 6.45) is 0. The monoisotopic (exact) mass is 208 g/mol. The molecule has 2 N–H and O–H groups in total. The lowest BCUT2D eigenvalue weighted by Crippen LogP contribution is -2.34. The van der Waals surface area contributed by atoms with Gasteiger partial charge in [-0.2, -0.15) is 0 Å². The number of anilines is 2. The van der Waals surface area contributed by atoms with Crippen LogP contribution in [0.15, 0.2) is 18.2 Å². The van der Waals surface area contributed by atoms with E-state index in [0.717, 1.165) is 23.7 Å². The largest absolute Gasteiger partial charge is 0.490 e. The molecule has 0 amide bonds. The summed E-state index contributed by atoms with van der Waals surface area (Å²) in [5, 5.41) is 12.1. The summed E-state index contributed by atoms with van der Waals surface area (Å²) in [7, 11) is 1.89. The van der Waals surface area contributed by atoms with Crippen molar-refractivity contribution in [2.45, 2.75) is 0 Å². The highest BCUT2D eigenvalue weighted by atomic mass is 16.5. The second kappa shape index (κ2) is 4.40. The first-order chi connectivity index (χ1) is 7.35. The second-order valence-electron chi connectivity index (χ2n) is 3.49. The summed E-state index contributed by atoms with van der Waals surface area (Å²) in [5.74, 6) is 0.897. The predicted octanol–water partition coefficient (Wildman–Crippen LogP) is 0.919. The van der Waals surface area contributed by atoms with Crippen molar-refractivity contribution in [2.24, 2.45) is 0 Å². The Hall–Kier alpha value is -1.42. The van der Waals surface area contributed by atoms with Crippen molar-refractivity contribution < 1.29 is 9.84 Å². The third kappa shape index (κ3) is 1.99. The first-order valence-corrected chi connectivity index (χ1v) is 5.15. The van der Waals surface area contributed by atoms with Crippen molar-refractivity contribution >= 4 is 11.4 Å². The zero-order chi connectivity index (χ0) is 10.7. The van der Waals surface area contributed by atoms with Crippen LogP contribution >= 0.6 is 0 Å². The molecule has 4 heteroatoms. The van der Waals surface area contributed by atoms with Gasteiger partial charge in [0.2, 0.25) is 0 Å². The number of nitrogens with one attached hydrogen (secondary N) is 1. The van der Waals surface area contributed by atoms with Crippen LogP contribution in [-0.2, 0) is 0 Å². The number of rotatable bonds is 3. The molecule has 1 aliphatic heterocycles. The number of nitrogens with zero attached hydrogens (tertiary/aromatic N) is 1. The Morgan fingerprint density at radius 2 is 2.40 bits per heavy atom. The fourth-order valence-corrected chi connectivity index (χ4v) is 1.78. The molecule has 0 radical (unpaired) electrons. The molecule has 1 aromatic rings. The number of hydrogen-bond donors (Lipinski definition) is 2. The molecule has 0 atom stereocenters. The molecule has 0 spiro atoms. The topological polar surface area (TPSA) is 44.7 Å². The van der Waals surface area contributed by atoms with Crippen molar-refractivity contribution in [3.05, 3.63) is 18.2 Å². The van der Waals surface area contributed by atoms with Crippen molar-refractivity contribution in [3.63, 3.8) is 0 Å². The van der Waals surface area contributed by atoms with Gasteiger partial charge in [0.1, 0.15) is 12.4 Å². The molecular formula is C11H16N2O2. The normalized spacial score (nSPS) is 14.4. The SMILES string of the molecule is CNc1ccc2c(c1)N(CCO)CCO2. The van der Waals surface area contributed by atoms with Crippen LogP contribution in [0.2, 0.25) is 0 Å². The third-order valence-electron chi connectivity index (χ3n) is 2.58. The fraction of sp³-hybridized carbons (Fsp3) is 0.455. The van der Waals surface area contributed by atoms with E-state index in [9.17, 15) is 0 Å². The first-order valence-electron chi connectivity index (χ1n) is 5.15. The van der Waals surface area contributed by atoms with E-state index in [0.29, 0.717) is 13.2 Å². The number of benzene rings is 1. The second-order valence-corrected chi connectivity index (χ2v) is 3.49. The maximum Gasteiger partial charge on any atom is 0.142 e. The van der Waals surface area contributed by atoms with Gasteiger partial charge in [-0.3, -0.25) is 0 Å².